The number of likely N-dealkylation sites (N-methyl/N-ethyl adjacent to an activating group) is 1. The molecule has 3 atom stereocenters. The molecule has 7 heteroatoms. The number of imidazole rings is 1. The maximum absolute atomic E-state index is 5.39. The number of methoxy groups -OCH3 is 1. The molecule has 3 aromatic rings. The number of nitrogens with zero attached hydrogens (tertiary/aromatic N) is 5. The second kappa shape index (κ2) is 12.5. The van der Waals surface area contributed by atoms with Crippen LogP contribution in [0.5, 0.6) is 5.75 Å². The van der Waals surface area contributed by atoms with Gasteiger partial charge in [-0.25, -0.2) is 4.98 Å². The maximum Gasteiger partial charge on any atom is 0.118 e. The van der Waals surface area contributed by atoms with Crippen LogP contribution in [-0.2, 0) is 19.6 Å². The average molecular weight is 491 g/mol. The first-order valence-corrected chi connectivity index (χ1v) is 13.2. The average Bonchev–Trinajstić information content (AvgIpc) is 3.36. The number of nitrogens with one attached hydrogen (secondary N) is 1. The number of hydrogen-bond donors (Lipinski definition) is 1. The lowest BCUT2D eigenvalue weighted by atomic mass is 9.89. The number of aromatic nitrogens is 3. The summed E-state index contributed by atoms with van der Waals surface area (Å²) in [6.45, 7) is 7.03. The van der Waals surface area contributed by atoms with E-state index in [0.29, 0.717) is 6.04 Å². The Bertz CT molecular complexity index is 1080. The molecule has 0 aliphatic heterocycles. The van der Waals surface area contributed by atoms with Crippen molar-refractivity contribution < 1.29 is 4.74 Å². The molecule has 0 radical (unpaired) electrons. The highest BCUT2D eigenvalue weighted by atomic mass is 16.5. The number of rotatable bonds is 12. The molecule has 0 fully saturated rings. The van der Waals surface area contributed by atoms with Crippen LogP contribution in [0.25, 0.3) is 0 Å². The third-order valence-electron chi connectivity index (χ3n) is 7.57. The minimum Gasteiger partial charge on any atom is -0.497 e. The van der Waals surface area contributed by atoms with Crippen molar-refractivity contribution in [1.29, 1.82) is 0 Å². The van der Waals surface area contributed by atoms with Crippen LogP contribution in [0.4, 0.5) is 0 Å². The van der Waals surface area contributed by atoms with Crippen molar-refractivity contribution in [2.24, 2.45) is 0 Å². The van der Waals surface area contributed by atoms with Crippen molar-refractivity contribution in [1.82, 2.24) is 29.7 Å². The Hall–Kier alpha value is -2.74. The van der Waals surface area contributed by atoms with E-state index in [4.69, 9.17) is 14.7 Å². The predicted octanol–water partition coefficient (Wildman–Crippen LogP) is 4.81. The number of benzene rings is 1. The van der Waals surface area contributed by atoms with Crippen LogP contribution in [0.2, 0.25) is 0 Å². The number of ether oxygens (including phenoxy) is 1. The smallest absolute Gasteiger partial charge is 0.118 e. The normalized spacial score (nSPS) is 17.2. The van der Waals surface area contributed by atoms with Crippen molar-refractivity contribution in [3.05, 3.63) is 77.6 Å². The van der Waals surface area contributed by atoms with Crippen molar-refractivity contribution in [2.45, 2.75) is 70.9 Å². The van der Waals surface area contributed by atoms with Crippen molar-refractivity contribution in [3.63, 3.8) is 0 Å². The summed E-state index contributed by atoms with van der Waals surface area (Å²) in [7, 11) is 5.99. The molecular formula is C29H42N6O. The summed E-state index contributed by atoms with van der Waals surface area (Å²) in [6, 6.07) is 13.8. The van der Waals surface area contributed by atoms with Gasteiger partial charge in [0, 0.05) is 37.6 Å². The number of aryl methyl sites for hydroxylation is 1. The Balaban J connectivity index is 1.53. The van der Waals surface area contributed by atoms with Crippen LogP contribution in [0.15, 0.2) is 55.1 Å². The first-order valence-electron chi connectivity index (χ1n) is 13.2. The van der Waals surface area contributed by atoms with E-state index in [1.807, 2.05) is 12.5 Å². The molecule has 2 heterocycles. The number of hydrogen-bond acceptors (Lipinski definition) is 6. The summed E-state index contributed by atoms with van der Waals surface area (Å²) < 4.78 is 7.55. The van der Waals surface area contributed by atoms with Gasteiger partial charge in [-0.1, -0.05) is 25.1 Å². The van der Waals surface area contributed by atoms with E-state index in [-0.39, 0.29) is 12.1 Å². The van der Waals surface area contributed by atoms with Crippen molar-refractivity contribution >= 4 is 0 Å². The Morgan fingerprint density at radius 3 is 2.69 bits per heavy atom. The summed E-state index contributed by atoms with van der Waals surface area (Å²) in [6.07, 6.45) is 10.6. The maximum atomic E-state index is 5.39. The lowest BCUT2D eigenvalue weighted by molar-refractivity contribution is 0.114. The van der Waals surface area contributed by atoms with Gasteiger partial charge in [-0.2, -0.15) is 0 Å². The van der Waals surface area contributed by atoms with Crippen LogP contribution < -0.4 is 10.1 Å². The largest absolute Gasteiger partial charge is 0.497 e. The molecule has 36 heavy (non-hydrogen) atoms. The van der Waals surface area contributed by atoms with Crippen molar-refractivity contribution in [2.75, 3.05) is 27.7 Å². The van der Waals surface area contributed by atoms with E-state index < -0.39 is 0 Å². The zero-order chi connectivity index (χ0) is 25.5. The molecule has 7 nitrogen and oxygen atoms in total. The molecule has 0 spiro atoms. The molecule has 2 aromatic heterocycles. The monoisotopic (exact) mass is 490 g/mol. The van der Waals surface area contributed by atoms with E-state index in [9.17, 15) is 0 Å². The Kier molecular flexibility index (Phi) is 9.13. The van der Waals surface area contributed by atoms with Crippen LogP contribution in [0.1, 0.15) is 67.7 Å². The predicted molar refractivity (Wildman–Crippen MR) is 145 cm³/mol. The molecule has 1 unspecified atom stereocenters. The van der Waals surface area contributed by atoms with Crippen LogP contribution in [0.3, 0.4) is 0 Å². The SMILES string of the molecule is CCC(CNCn1cnc(CN([C@@H](C)c2ccc(OC)cc2)[C@H]2CCCc3cccnc32)c1)N(C)C. The van der Waals surface area contributed by atoms with Crippen molar-refractivity contribution in [3.8, 4) is 5.75 Å². The Morgan fingerprint density at radius 2 is 1.97 bits per heavy atom. The van der Waals surface area contributed by atoms with E-state index >= 15 is 0 Å². The first-order chi connectivity index (χ1) is 17.5. The zero-order valence-electron chi connectivity index (χ0n) is 22.5. The summed E-state index contributed by atoms with van der Waals surface area (Å²) in [5.74, 6) is 0.882. The summed E-state index contributed by atoms with van der Waals surface area (Å²) >= 11 is 0. The molecule has 1 aromatic carbocycles. The molecule has 0 saturated heterocycles. The lowest BCUT2D eigenvalue weighted by Gasteiger charge is -2.38. The number of fused-ring (bicyclic) bond motifs is 1. The summed E-state index contributed by atoms with van der Waals surface area (Å²) in [4.78, 5) is 14.5. The molecule has 4 rings (SSSR count). The third-order valence-corrected chi connectivity index (χ3v) is 7.57. The molecule has 0 saturated carbocycles. The standard InChI is InChI=1S/C29H42N6O/c1-6-26(33(3)4)17-30-20-34-18-25(32-21-34)19-35(22(2)23-12-14-27(36-5)15-13-23)28-11-7-9-24-10-8-16-31-29(24)28/h8,10,12-16,18,21-22,26,28,30H,6-7,9,11,17,19-20H2,1-5H3/t22-,26?,28-/m0/s1. The Labute approximate surface area is 216 Å². The summed E-state index contributed by atoms with van der Waals surface area (Å²) in [5, 5.41) is 3.58. The van der Waals surface area contributed by atoms with Gasteiger partial charge in [0.25, 0.3) is 0 Å². The van der Waals surface area contributed by atoms with Gasteiger partial charge in [-0.15, -0.1) is 0 Å². The van der Waals surface area contributed by atoms with Gasteiger partial charge >= 0.3 is 0 Å². The fourth-order valence-electron chi connectivity index (χ4n) is 5.31. The molecular weight excluding hydrogens is 448 g/mol. The fraction of sp³-hybridized carbons (Fsp3) is 0.517. The van der Waals surface area contributed by atoms with Gasteiger partial charge in [0.05, 0.1) is 37.5 Å². The molecule has 194 valence electrons. The van der Waals surface area contributed by atoms with Crippen LogP contribution in [0, 0.1) is 0 Å². The second-order valence-electron chi connectivity index (χ2n) is 10.1. The zero-order valence-corrected chi connectivity index (χ0v) is 22.5. The van der Waals surface area contributed by atoms with E-state index in [0.717, 1.165) is 50.5 Å². The first kappa shape index (κ1) is 26.3. The van der Waals surface area contributed by atoms with Gasteiger partial charge in [0.15, 0.2) is 0 Å². The summed E-state index contributed by atoms with van der Waals surface area (Å²) in [5.41, 5.74) is 4.95. The molecule has 0 amide bonds. The topological polar surface area (TPSA) is 58.5 Å². The van der Waals surface area contributed by atoms with E-state index in [1.165, 1.54) is 23.2 Å². The van der Waals surface area contributed by atoms with E-state index in [1.54, 1.807) is 7.11 Å². The quantitative estimate of drug-likeness (QED) is 0.393. The molecule has 0 bridgehead atoms. The van der Waals surface area contributed by atoms with Gasteiger partial charge in [-0.3, -0.25) is 15.2 Å². The van der Waals surface area contributed by atoms with Gasteiger partial charge in [-0.05, 0) is 76.0 Å². The minimum atomic E-state index is 0.211. The highest BCUT2D eigenvalue weighted by Gasteiger charge is 2.31. The highest BCUT2D eigenvalue weighted by Crippen LogP contribution is 2.39. The van der Waals surface area contributed by atoms with Crippen LogP contribution in [-0.4, -0.2) is 58.1 Å². The van der Waals surface area contributed by atoms with Gasteiger partial charge in [0.1, 0.15) is 5.75 Å². The van der Waals surface area contributed by atoms with Crippen LogP contribution >= 0.6 is 0 Å². The fourth-order valence-corrected chi connectivity index (χ4v) is 5.31. The van der Waals surface area contributed by atoms with Gasteiger partial charge in [0.2, 0.25) is 0 Å². The third kappa shape index (κ3) is 6.33. The molecule has 1 aliphatic carbocycles. The Morgan fingerprint density at radius 1 is 1.17 bits per heavy atom. The highest BCUT2D eigenvalue weighted by molar-refractivity contribution is 5.30. The minimum absolute atomic E-state index is 0.211. The van der Waals surface area contributed by atoms with Gasteiger partial charge < -0.3 is 14.2 Å². The molecule has 1 N–H and O–H groups in total. The number of pyridine rings is 1. The second-order valence-corrected chi connectivity index (χ2v) is 10.1. The lowest BCUT2D eigenvalue weighted by Crippen LogP contribution is -2.37. The van der Waals surface area contributed by atoms with E-state index in [2.05, 4.69) is 90.2 Å². The molecule has 1 aliphatic rings.